The van der Waals surface area contributed by atoms with Crippen molar-refractivity contribution in [2.24, 2.45) is 5.41 Å². The molecule has 0 spiro atoms. The van der Waals surface area contributed by atoms with Crippen molar-refractivity contribution < 1.29 is 8.98 Å². The van der Waals surface area contributed by atoms with Gasteiger partial charge in [0.1, 0.15) is 0 Å². The Balaban J connectivity index is 2.16. The number of carbonyl (C=O) groups excluding carboxylic acids is 1. The first-order valence-electron chi connectivity index (χ1n) is 7.15. The van der Waals surface area contributed by atoms with Crippen molar-refractivity contribution >= 4 is 41.0 Å². The highest BCUT2D eigenvalue weighted by atomic mass is 35.5. The molecule has 0 saturated carbocycles. The molecule has 0 saturated heterocycles. The first-order chi connectivity index (χ1) is 10.8. The maximum Gasteiger partial charge on any atom is 0.194 e. The van der Waals surface area contributed by atoms with Gasteiger partial charge in [0.25, 0.3) is 0 Å². The standard InChI is InChI=1S/C18H18Cl2O2S/c1-18(2,3)11-22-23-14-6-4-5-12(9-14)17(21)15-10-13(19)7-8-16(15)20/h4-10H,11H2,1-3H3. The highest BCUT2D eigenvalue weighted by Gasteiger charge is 2.15. The molecule has 122 valence electrons. The molecule has 2 rings (SSSR count). The first-order valence-corrected chi connectivity index (χ1v) is 8.65. The Morgan fingerprint density at radius 3 is 2.57 bits per heavy atom. The van der Waals surface area contributed by atoms with E-state index in [9.17, 15) is 4.79 Å². The van der Waals surface area contributed by atoms with E-state index in [0.29, 0.717) is 27.8 Å². The van der Waals surface area contributed by atoms with Crippen molar-refractivity contribution in [2.45, 2.75) is 25.7 Å². The second kappa shape index (κ2) is 7.71. The van der Waals surface area contributed by atoms with Crippen LogP contribution >= 0.6 is 35.2 Å². The summed E-state index contributed by atoms with van der Waals surface area (Å²) in [6, 6.07) is 12.2. The van der Waals surface area contributed by atoms with Gasteiger partial charge in [-0.25, -0.2) is 0 Å². The van der Waals surface area contributed by atoms with Crippen LogP contribution in [0.3, 0.4) is 0 Å². The zero-order valence-corrected chi connectivity index (χ0v) is 15.6. The predicted molar refractivity (Wildman–Crippen MR) is 97.6 cm³/mol. The molecule has 5 heteroatoms. The van der Waals surface area contributed by atoms with Gasteiger partial charge in [0.2, 0.25) is 0 Å². The van der Waals surface area contributed by atoms with Crippen molar-refractivity contribution in [3.8, 4) is 0 Å². The number of carbonyl (C=O) groups is 1. The summed E-state index contributed by atoms with van der Waals surface area (Å²) in [5.74, 6) is -0.157. The molecule has 0 radical (unpaired) electrons. The van der Waals surface area contributed by atoms with Crippen LogP contribution in [0.2, 0.25) is 10.0 Å². The molecule has 0 aliphatic rings. The van der Waals surface area contributed by atoms with Crippen LogP contribution in [0.4, 0.5) is 0 Å². The van der Waals surface area contributed by atoms with Crippen molar-refractivity contribution in [1.29, 1.82) is 0 Å². The van der Waals surface area contributed by atoms with Crippen molar-refractivity contribution in [1.82, 2.24) is 0 Å². The van der Waals surface area contributed by atoms with Crippen LogP contribution in [0.25, 0.3) is 0 Å². The topological polar surface area (TPSA) is 26.3 Å². The van der Waals surface area contributed by atoms with Crippen molar-refractivity contribution in [3.05, 3.63) is 63.6 Å². The van der Waals surface area contributed by atoms with E-state index in [0.717, 1.165) is 4.90 Å². The van der Waals surface area contributed by atoms with Gasteiger partial charge in [-0.05, 0) is 35.7 Å². The quantitative estimate of drug-likeness (QED) is 0.457. The number of ketones is 1. The molecule has 2 aromatic carbocycles. The van der Waals surface area contributed by atoms with Crippen LogP contribution in [0.15, 0.2) is 47.4 Å². The molecule has 0 bridgehead atoms. The van der Waals surface area contributed by atoms with Crippen LogP contribution in [0, 0.1) is 5.41 Å². The van der Waals surface area contributed by atoms with Gasteiger partial charge in [-0.3, -0.25) is 4.79 Å². The van der Waals surface area contributed by atoms with E-state index < -0.39 is 0 Å². The Labute approximate surface area is 151 Å². The number of hydrogen-bond donors (Lipinski definition) is 0. The zero-order valence-electron chi connectivity index (χ0n) is 13.2. The molecule has 0 unspecified atom stereocenters. The van der Waals surface area contributed by atoms with E-state index in [2.05, 4.69) is 20.8 Å². The Kier molecular flexibility index (Phi) is 6.15. The van der Waals surface area contributed by atoms with E-state index in [1.165, 1.54) is 12.0 Å². The third-order valence-electron chi connectivity index (χ3n) is 2.92. The van der Waals surface area contributed by atoms with Crippen LogP contribution in [0.5, 0.6) is 0 Å². The summed E-state index contributed by atoms with van der Waals surface area (Å²) < 4.78 is 5.63. The van der Waals surface area contributed by atoms with Gasteiger partial charge in [-0.15, -0.1) is 0 Å². The van der Waals surface area contributed by atoms with Gasteiger partial charge in [-0.2, -0.15) is 0 Å². The SMILES string of the molecule is CC(C)(C)COSc1cccc(C(=O)c2cc(Cl)ccc2Cl)c1. The lowest BCUT2D eigenvalue weighted by Gasteiger charge is -2.17. The minimum atomic E-state index is -0.157. The van der Waals surface area contributed by atoms with Gasteiger partial charge in [-0.1, -0.05) is 56.1 Å². The van der Waals surface area contributed by atoms with Gasteiger partial charge in [0.05, 0.1) is 11.6 Å². The molecular weight excluding hydrogens is 351 g/mol. The number of rotatable bonds is 5. The van der Waals surface area contributed by atoms with E-state index in [-0.39, 0.29) is 11.2 Å². The lowest BCUT2D eigenvalue weighted by molar-refractivity contribution is 0.103. The van der Waals surface area contributed by atoms with Gasteiger partial charge in [0.15, 0.2) is 5.78 Å². The fourth-order valence-electron chi connectivity index (χ4n) is 1.79. The lowest BCUT2D eigenvalue weighted by Crippen LogP contribution is -2.11. The average molecular weight is 369 g/mol. The van der Waals surface area contributed by atoms with Crippen LogP contribution in [-0.4, -0.2) is 12.4 Å². The summed E-state index contributed by atoms with van der Waals surface area (Å²) in [7, 11) is 0. The maximum absolute atomic E-state index is 12.6. The van der Waals surface area contributed by atoms with E-state index in [4.69, 9.17) is 27.4 Å². The monoisotopic (exact) mass is 368 g/mol. The summed E-state index contributed by atoms with van der Waals surface area (Å²) in [5.41, 5.74) is 1.05. The minimum Gasteiger partial charge on any atom is -0.310 e. The highest BCUT2D eigenvalue weighted by Crippen LogP contribution is 2.27. The molecule has 0 N–H and O–H groups in total. The Bertz CT molecular complexity index is 708. The van der Waals surface area contributed by atoms with Gasteiger partial charge >= 0.3 is 0 Å². The summed E-state index contributed by atoms with van der Waals surface area (Å²) in [6.45, 7) is 6.94. The highest BCUT2D eigenvalue weighted by molar-refractivity contribution is 7.94. The first kappa shape index (κ1) is 18.3. The number of hydrogen-bond acceptors (Lipinski definition) is 3. The third-order valence-corrected chi connectivity index (χ3v) is 4.16. The summed E-state index contributed by atoms with van der Waals surface area (Å²) in [5, 5.41) is 0.873. The summed E-state index contributed by atoms with van der Waals surface area (Å²) in [4.78, 5) is 13.5. The second-order valence-electron chi connectivity index (χ2n) is 6.39. The fraction of sp³-hybridized carbons (Fsp3) is 0.278. The summed E-state index contributed by atoms with van der Waals surface area (Å²) >= 11 is 13.3. The van der Waals surface area contributed by atoms with E-state index in [1.807, 2.05) is 12.1 Å². The smallest absolute Gasteiger partial charge is 0.194 e. The van der Waals surface area contributed by atoms with Crippen molar-refractivity contribution in [3.63, 3.8) is 0 Å². The average Bonchev–Trinajstić information content (AvgIpc) is 2.48. The summed E-state index contributed by atoms with van der Waals surface area (Å²) in [6.07, 6.45) is 0. The van der Waals surface area contributed by atoms with E-state index in [1.54, 1.807) is 30.3 Å². The molecule has 0 atom stereocenters. The van der Waals surface area contributed by atoms with Crippen LogP contribution in [-0.2, 0) is 4.18 Å². The molecule has 23 heavy (non-hydrogen) atoms. The van der Waals surface area contributed by atoms with Crippen molar-refractivity contribution in [2.75, 3.05) is 6.61 Å². The van der Waals surface area contributed by atoms with Crippen LogP contribution < -0.4 is 0 Å². The maximum atomic E-state index is 12.6. The Morgan fingerprint density at radius 1 is 1.13 bits per heavy atom. The predicted octanol–water partition coefficient (Wildman–Crippen LogP) is 6.29. The Morgan fingerprint density at radius 2 is 1.87 bits per heavy atom. The number of benzene rings is 2. The molecule has 0 amide bonds. The molecule has 0 aliphatic heterocycles. The molecule has 0 heterocycles. The zero-order chi connectivity index (χ0) is 17.0. The minimum absolute atomic E-state index is 0.0920. The molecule has 0 fully saturated rings. The largest absolute Gasteiger partial charge is 0.310 e. The van der Waals surface area contributed by atoms with Gasteiger partial charge in [0, 0.05) is 33.1 Å². The normalized spacial score (nSPS) is 11.5. The molecule has 2 nitrogen and oxygen atoms in total. The fourth-order valence-corrected chi connectivity index (χ4v) is 3.02. The van der Waals surface area contributed by atoms with E-state index >= 15 is 0 Å². The molecule has 2 aromatic rings. The van der Waals surface area contributed by atoms with Gasteiger partial charge < -0.3 is 4.18 Å². The molecule has 0 aliphatic carbocycles. The molecule has 0 aromatic heterocycles. The number of halogens is 2. The second-order valence-corrected chi connectivity index (χ2v) is 8.10. The molecular formula is C18H18Cl2O2S. The Hall–Kier alpha value is -1.00. The third kappa shape index (κ3) is 5.54. The van der Waals surface area contributed by atoms with Crippen LogP contribution in [0.1, 0.15) is 36.7 Å². The lowest BCUT2D eigenvalue weighted by atomic mass is 9.99.